The van der Waals surface area contributed by atoms with E-state index in [4.69, 9.17) is 11.6 Å². The van der Waals surface area contributed by atoms with E-state index in [1.165, 1.54) is 0 Å². The van der Waals surface area contributed by atoms with Gasteiger partial charge in [0.2, 0.25) is 0 Å². The highest BCUT2D eigenvalue weighted by atomic mass is 35.5. The predicted octanol–water partition coefficient (Wildman–Crippen LogP) is 4.78. The predicted molar refractivity (Wildman–Crippen MR) is 93.6 cm³/mol. The lowest BCUT2D eigenvalue weighted by molar-refractivity contribution is 1.24. The normalized spacial score (nSPS) is 11.0. The van der Waals surface area contributed by atoms with Gasteiger partial charge in [0.05, 0.1) is 15.9 Å². The number of fused-ring (bicyclic) bond motifs is 1. The van der Waals surface area contributed by atoms with Crippen molar-refractivity contribution in [2.75, 3.05) is 0 Å². The molecule has 0 aliphatic carbocycles. The first-order chi connectivity index (χ1) is 11.2. The standard InChI is InChI=1S/C17H11ClN4S/c1-10-3-2-4-20-16(10)11-5-12(8-19-7-11)17-22-13-6-15(18)21-9-14(13)23-17/h2-9H,1H3. The van der Waals surface area contributed by atoms with Gasteiger partial charge in [0.1, 0.15) is 10.2 Å². The number of halogens is 1. The molecule has 6 heteroatoms. The van der Waals surface area contributed by atoms with Gasteiger partial charge in [-0.1, -0.05) is 17.7 Å². The van der Waals surface area contributed by atoms with E-state index in [9.17, 15) is 0 Å². The van der Waals surface area contributed by atoms with E-state index >= 15 is 0 Å². The Morgan fingerprint density at radius 3 is 2.78 bits per heavy atom. The third kappa shape index (κ3) is 2.69. The summed E-state index contributed by atoms with van der Waals surface area (Å²) in [6, 6.07) is 7.81. The van der Waals surface area contributed by atoms with Gasteiger partial charge in [-0.25, -0.2) is 9.97 Å². The van der Waals surface area contributed by atoms with Crippen LogP contribution in [0, 0.1) is 6.92 Å². The van der Waals surface area contributed by atoms with E-state index in [0.29, 0.717) is 5.15 Å². The van der Waals surface area contributed by atoms with Crippen LogP contribution < -0.4 is 0 Å². The Bertz CT molecular complexity index is 1010. The second-order valence-corrected chi connectivity index (χ2v) is 6.54. The molecule has 0 aliphatic heterocycles. The van der Waals surface area contributed by atoms with Crippen LogP contribution in [-0.2, 0) is 0 Å². The molecule has 0 aliphatic rings. The summed E-state index contributed by atoms with van der Waals surface area (Å²) in [4.78, 5) is 17.5. The van der Waals surface area contributed by atoms with Crippen LogP contribution >= 0.6 is 22.9 Å². The van der Waals surface area contributed by atoms with Gasteiger partial charge >= 0.3 is 0 Å². The van der Waals surface area contributed by atoms with Crippen molar-refractivity contribution in [2.45, 2.75) is 6.92 Å². The highest BCUT2D eigenvalue weighted by Crippen LogP contribution is 2.32. The van der Waals surface area contributed by atoms with Gasteiger partial charge in [0.15, 0.2) is 0 Å². The molecule has 0 N–H and O–H groups in total. The molecule has 0 spiro atoms. The molecule has 0 bridgehead atoms. The highest BCUT2D eigenvalue weighted by Gasteiger charge is 2.10. The summed E-state index contributed by atoms with van der Waals surface area (Å²) in [5, 5.41) is 1.34. The van der Waals surface area contributed by atoms with Crippen molar-refractivity contribution in [3.8, 4) is 21.8 Å². The maximum absolute atomic E-state index is 5.93. The summed E-state index contributed by atoms with van der Waals surface area (Å²) in [7, 11) is 0. The molecule has 0 radical (unpaired) electrons. The molecule has 4 nitrogen and oxygen atoms in total. The third-order valence-electron chi connectivity index (χ3n) is 3.51. The van der Waals surface area contributed by atoms with Crippen molar-refractivity contribution in [2.24, 2.45) is 0 Å². The van der Waals surface area contributed by atoms with E-state index in [2.05, 4.69) is 26.0 Å². The number of hydrogen-bond donors (Lipinski definition) is 0. The lowest BCUT2D eigenvalue weighted by Crippen LogP contribution is -1.89. The minimum atomic E-state index is 0.449. The van der Waals surface area contributed by atoms with E-state index < -0.39 is 0 Å². The largest absolute Gasteiger partial charge is 0.263 e. The molecule has 4 heterocycles. The number of thiazole rings is 1. The summed E-state index contributed by atoms with van der Waals surface area (Å²) in [6.45, 7) is 2.04. The molecule has 4 aromatic heterocycles. The maximum Gasteiger partial charge on any atom is 0.131 e. The number of pyridine rings is 3. The zero-order valence-electron chi connectivity index (χ0n) is 12.2. The summed E-state index contributed by atoms with van der Waals surface area (Å²) >= 11 is 7.50. The monoisotopic (exact) mass is 338 g/mol. The van der Waals surface area contributed by atoms with Crippen LogP contribution in [0.1, 0.15) is 5.56 Å². The topological polar surface area (TPSA) is 51.6 Å². The van der Waals surface area contributed by atoms with Gasteiger partial charge in [-0.15, -0.1) is 11.3 Å². The second kappa shape index (κ2) is 5.68. The van der Waals surface area contributed by atoms with Crippen LogP contribution in [0.4, 0.5) is 0 Å². The van der Waals surface area contributed by atoms with Crippen molar-refractivity contribution < 1.29 is 0 Å². The highest BCUT2D eigenvalue weighted by molar-refractivity contribution is 7.21. The molecule has 0 fully saturated rings. The Balaban J connectivity index is 1.83. The molecule has 0 saturated heterocycles. The van der Waals surface area contributed by atoms with Crippen LogP contribution in [0.15, 0.2) is 49.1 Å². The molecule has 0 atom stereocenters. The minimum Gasteiger partial charge on any atom is -0.263 e. The number of aromatic nitrogens is 4. The molecule has 112 valence electrons. The van der Waals surface area contributed by atoms with E-state index in [0.717, 1.165) is 37.6 Å². The van der Waals surface area contributed by atoms with Gasteiger partial charge in [0, 0.05) is 42.0 Å². The molecule has 0 amide bonds. The lowest BCUT2D eigenvalue weighted by atomic mass is 10.1. The maximum atomic E-state index is 5.93. The number of nitrogens with zero attached hydrogens (tertiary/aromatic N) is 4. The summed E-state index contributed by atoms with van der Waals surface area (Å²) < 4.78 is 1.00. The summed E-state index contributed by atoms with van der Waals surface area (Å²) in [6.07, 6.45) is 7.18. The first kappa shape index (κ1) is 14.2. The van der Waals surface area contributed by atoms with Crippen LogP contribution in [0.5, 0.6) is 0 Å². The van der Waals surface area contributed by atoms with Crippen molar-refractivity contribution >= 4 is 33.2 Å². The zero-order valence-corrected chi connectivity index (χ0v) is 13.8. The quantitative estimate of drug-likeness (QED) is 0.494. The Morgan fingerprint density at radius 1 is 1.04 bits per heavy atom. The number of hydrogen-bond acceptors (Lipinski definition) is 5. The smallest absolute Gasteiger partial charge is 0.131 e. The van der Waals surface area contributed by atoms with Crippen molar-refractivity contribution in [3.63, 3.8) is 0 Å². The fourth-order valence-electron chi connectivity index (χ4n) is 2.41. The SMILES string of the molecule is Cc1cccnc1-c1cncc(-c2nc3cc(Cl)ncc3s2)c1. The number of aryl methyl sites for hydroxylation is 1. The fourth-order valence-corrected chi connectivity index (χ4v) is 3.46. The minimum absolute atomic E-state index is 0.449. The number of rotatable bonds is 2. The van der Waals surface area contributed by atoms with Crippen molar-refractivity contribution in [1.82, 2.24) is 19.9 Å². The Labute approximate surface area is 141 Å². The molecular formula is C17H11ClN4S. The average Bonchev–Trinajstić information content (AvgIpc) is 2.98. The van der Waals surface area contributed by atoms with Gasteiger partial charge < -0.3 is 0 Å². The van der Waals surface area contributed by atoms with Gasteiger partial charge in [0.25, 0.3) is 0 Å². The first-order valence-electron chi connectivity index (χ1n) is 7.00. The first-order valence-corrected chi connectivity index (χ1v) is 8.19. The molecule has 4 rings (SSSR count). The Kier molecular flexibility index (Phi) is 3.52. The molecule has 0 saturated carbocycles. The van der Waals surface area contributed by atoms with Crippen LogP contribution in [0.2, 0.25) is 5.15 Å². The van der Waals surface area contributed by atoms with Crippen LogP contribution in [0.25, 0.3) is 32.0 Å². The Morgan fingerprint density at radius 2 is 1.91 bits per heavy atom. The van der Waals surface area contributed by atoms with Gasteiger partial charge in [-0.05, 0) is 24.6 Å². The average molecular weight is 339 g/mol. The van der Waals surface area contributed by atoms with Crippen LogP contribution in [-0.4, -0.2) is 19.9 Å². The van der Waals surface area contributed by atoms with Crippen LogP contribution in [0.3, 0.4) is 0 Å². The zero-order chi connectivity index (χ0) is 15.8. The molecular weight excluding hydrogens is 328 g/mol. The van der Waals surface area contributed by atoms with Gasteiger partial charge in [-0.3, -0.25) is 9.97 Å². The summed E-state index contributed by atoms with van der Waals surface area (Å²) in [5.41, 5.74) is 4.85. The van der Waals surface area contributed by atoms with E-state index in [1.807, 2.05) is 31.5 Å². The van der Waals surface area contributed by atoms with E-state index in [-0.39, 0.29) is 0 Å². The molecule has 0 unspecified atom stereocenters. The summed E-state index contributed by atoms with van der Waals surface area (Å²) in [5.74, 6) is 0. The molecule has 23 heavy (non-hydrogen) atoms. The molecule has 0 aromatic carbocycles. The third-order valence-corrected chi connectivity index (χ3v) is 4.77. The van der Waals surface area contributed by atoms with Gasteiger partial charge in [-0.2, -0.15) is 0 Å². The molecule has 4 aromatic rings. The van der Waals surface area contributed by atoms with Crippen molar-refractivity contribution in [3.05, 3.63) is 59.8 Å². The Hall–Kier alpha value is -2.37. The lowest BCUT2D eigenvalue weighted by Gasteiger charge is -2.05. The fraction of sp³-hybridized carbons (Fsp3) is 0.0588. The van der Waals surface area contributed by atoms with Crippen molar-refractivity contribution in [1.29, 1.82) is 0 Å². The second-order valence-electron chi connectivity index (χ2n) is 5.12. The van der Waals surface area contributed by atoms with E-state index in [1.54, 1.807) is 29.8 Å².